The molecule has 2 N–H and O–H groups in total. The van der Waals surface area contributed by atoms with Crippen LogP contribution in [0.15, 0.2) is 114 Å². The van der Waals surface area contributed by atoms with Gasteiger partial charge < -0.3 is 27.2 Å². The molecule has 206 valence electrons. The van der Waals surface area contributed by atoms with E-state index in [0.29, 0.717) is 25.1 Å². The molecule has 0 bridgehead atoms. The van der Waals surface area contributed by atoms with Crippen LogP contribution in [0.5, 0.6) is 11.5 Å². The Bertz CT molecular complexity index is 1540. The van der Waals surface area contributed by atoms with E-state index >= 15 is 0 Å². The molecule has 0 fully saturated rings. The molecular formula is C33H34ClN3O3. The number of hydrogen-bond donors (Lipinski definition) is 1. The van der Waals surface area contributed by atoms with Gasteiger partial charge in [-0.15, -0.1) is 0 Å². The van der Waals surface area contributed by atoms with Crippen LogP contribution in [-0.4, -0.2) is 22.6 Å². The fourth-order valence-corrected chi connectivity index (χ4v) is 4.50. The van der Waals surface area contributed by atoms with Crippen molar-refractivity contribution in [2.75, 3.05) is 13.1 Å². The van der Waals surface area contributed by atoms with E-state index in [1.807, 2.05) is 66.7 Å². The van der Waals surface area contributed by atoms with Gasteiger partial charge in [-0.25, -0.2) is 4.98 Å². The van der Waals surface area contributed by atoms with Crippen LogP contribution in [0.1, 0.15) is 23.1 Å². The van der Waals surface area contributed by atoms with Crippen LogP contribution in [0.3, 0.4) is 0 Å². The number of benzene rings is 4. The number of halogens is 1. The molecule has 6 nitrogen and oxygen atoms in total. The fraction of sp³-hybridized carbons (Fsp3) is 0.212. The van der Waals surface area contributed by atoms with Crippen molar-refractivity contribution < 1.29 is 27.2 Å². The van der Waals surface area contributed by atoms with Gasteiger partial charge >= 0.3 is 0 Å². The Hall–Kier alpha value is -4.13. The van der Waals surface area contributed by atoms with E-state index in [1.165, 1.54) is 5.56 Å². The topological polar surface area (TPSA) is 70.0 Å². The lowest BCUT2D eigenvalue weighted by Gasteiger charge is -2.15. The van der Waals surface area contributed by atoms with Gasteiger partial charge in [0.05, 0.1) is 30.3 Å². The zero-order valence-electron chi connectivity index (χ0n) is 22.4. The van der Waals surface area contributed by atoms with E-state index in [9.17, 15) is 4.79 Å². The zero-order chi connectivity index (χ0) is 26.7. The Labute approximate surface area is 241 Å². The molecule has 0 unspecified atom stereocenters. The summed E-state index contributed by atoms with van der Waals surface area (Å²) in [6, 6.07) is 34.0. The van der Waals surface area contributed by atoms with Crippen molar-refractivity contribution in [3.8, 4) is 11.5 Å². The van der Waals surface area contributed by atoms with Crippen LogP contribution in [0.25, 0.3) is 10.9 Å². The molecule has 1 aromatic heterocycles. The minimum Gasteiger partial charge on any atom is -1.00 e. The number of rotatable bonds is 13. The Morgan fingerprint density at radius 3 is 2.08 bits per heavy atom. The first-order chi connectivity index (χ1) is 19.3. The summed E-state index contributed by atoms with van der Waals surface area (Å²) in [6.07, 6.45) is 3.47. The molecule has 0 saturated heterocycles. The summed E-state index contributed by atoms with van der Waals surface area (Å²) >= 11 is 0. The van der Waals surface area contributed by atoms with Crippen LogP contribution in [0.2, 0.25) is 0 Å². The van der Waals surface area contributed by atoms with Gasteiger partial charge in [-0.2, -0.15) is 0 Å². The Balaban J connectivity index is 0.00000370. The Morgan fingerprint density at radius 1 is 0.700 bits per heavy atom. The average Bonchev–Trinajstić information content (AvgIpc) is 2.99. The molecule has 0 aliphatic rings. The molecule has 0 spiro atoms. The molecule has 0 amide bonds. The van der Waals surface area contributed by atoms with Crippen molar-refractivity contribution in [3.63, 3.8) is 0 Å². The van der Waals surface area contributed by atoms with E-state index < -0.39 is 0 Å². The lowest BCUT2D eigenvalue weighted by Crippen LogP contribution is -3.00. The second-order valence-electron chi connectivity index (χ2n) is 9.56. The standard InChI is InChI=1S/C33H33N3O3.ClH/c37-33-29-14-7-8-15-30(29)35-25-36(33)21-9-19-34-20-18-26-16-17-31(38-23-27-10-3-1-4-11-27)32(22-26)39-24-28-12-5-2-6-13-28;/h1-8,10-17,22,25,34H,9,18-21,23-24H2;1H. The maximum Gasteiger partial charge on any atom is 0.261 e. The van der Waals surface area contributed by atoms with E-state index in [0.717, 1.165) is 54.1 Å². The lowest BCUT2D eigenvalue weighted by molar-refractivity contribution is -0.654. The van der Waals surface area contributed by atoms with Gasteiger partial charge in [0, 0.05) is 19.4 Å². The second-order valence-corrected chi connectivity index (χ2v) is 9.56. The predicted octanol–water partition coefficient (Wildman–Crippen LogP) is 1.75. The third kappa shape index (κ3) is 7.94. The largest absolute Gasteiger partial charge is 1.00 e. The second kappa shape index (κ2) is 14.9. The minimum atomic E-state index is 0. The van der Waals surface area contributed by atoms with Gasteiger partial charge in [0.1, 0.15) is 13.2 Å². The maximum atomic E-state index is 12.7. The number of fused-ring (bicyclic) bond motifs is 1. The molecule has 4 aromatic carbocycles. The normalized spacial score (nSPS) is 10.7. The highest BCUT2D eigenvalue weighted by Crippen LogP contribution is 2.30. The molecule has 0 aliphatic heterocycles. The maximum absolute atomic E-state index is 12.7. The number of nitrogens with zero attached hydrogens (tertiary/aromatic N) is 2. The van der Waals surface area contributed by atoms with Gasteiger partial charge in [0.2, 0.25) is 0 Å². The Morgan fingerprint density at radius 2 is 1.35 bits per heavy atom. The van der Waals surface area contributed by atoms with E-state index in [-0.39, 0.29) is 18.0 Å². The molecule has 0 saturated carbocycles. The third-order valence-electron chi connectivity index (χ3n) is 6.66. The monoisotopic (exact) mass is 555 g/mol. The van der Waals surface area contributed by atoms with Gasteiger partial charge in [-0.3, -0.25) is 9.36 Å². The summed E-state index contributed by atoms with van der Waals surface area (Å²) < 4.78 is 14.1. The van der Waals surface area contributed by atoms with E-state index in [4.69, 9.17) is 9.47 Å². The first-order valence-corrected chi connectivity index (χ1v) is 13.5. The van der Waals surface area contributed by atoms with Crippen molar-refractivity contribution in [2.24, 2.45) is 0 Å². The van der Waals surface area contributed by atoms with Crippen LogP contribution >= 0.6 is 0 Å². The van der Waals surface area contributed by atoms with Crippen LogP contribution in [0.4, 0.5) is 0 Å². The summed E-state index contributed by atoms with van der Waals surface area (Å²) in [7, 11) is 0. The predicted molar refractivity (Wildman–Crippen MR) is 154 cm³/mol. The lowest BCUT2D eigenvalue weighted by atomic mass is 10.1. The average molecular weight is 556 g/mol. The molecule has 0 atom stereocenters. The van der Waals surface area contributed by atoms with Crippen molar-refractivity contribution in [1.82, 2.24) is 9.55 Å². The Kier molecular flexibility index (Phi) is 10.7. The summed E-state index contributed by atoms with van der Waals surface area (Å²) in [4.78, 5) is 17.1. The molecular weight excluding hydrogens is 522 g/mol. The first-order valence-electron chi connectivity index (χ1n) is 13.5. The molecule has 5 rings (SSSR count). The van der Waals surface area contributed by atoms with Crippen molar-refractivity contribution in [3.05, 3.63) is 136 Å². The van der Waals surface area contributed by atoms with Crippen molar-refractivity contribution >= 4 is 10.9 Å². The summed E-state index contributed by atoms with van der Waals surface area (Å²) in [6.45, 7) is 3.53. The number of hydrogen-bond acceptors (Lipinski definition) is 4. The molecule has 7 heteroatoms. The number of ether oxygens (including phenoxy) is 2. The van der Waals surface area contributed by atoms with Crippen LogP contribution < -0.4 is 32.8 Å². The zero-order valence-corrected chi connectivity index (χ0v) is 23.2. The van der Waals surface area contributed by atoms with Crippen LogP contribution in [0, 0.1) is 0 Å². The number of aryl methyl sites for hydroxylation is 1. The van der Waals surface area contributed by atoms with Crippen molar-refractivity contribution in [1.29, 1.82) is 0 Å². The van der Waals surface area contributed by atoms with Gasteiger partial charge in [-0.05, 0) is 41.0 Å². The number of quaternary nitrogens is 1. The highest BCUT2D eigenvalue weighted by Gasteiger charge is 2.09. The molecule has 5 aromatic rings. The fourth-order valence-electron chi connectivity index (χ4n) is 4.50. The summed E-state index contributed by atoms with van der Waals surface area (Å²) in [5.74, 6) is 1.51. The third-order valence-corrected chi connectivity index (χ3v) is 6.66. The number of aromatic nitrogens is 2. The highest BCUT2D eigenvalue weighted by molar-refractivity contribution is 5.76. The van der Waals surface area contributed by atoms with E-state index in [1.54, 1.807) is 10.9 Å². The van der Waals surface area contributed by atoms with Crippen LogP contribution in [-0.2, 0) is 26.2 Å². The number of nitrogens with two attached hydrogens (primary N) is 1. The van der Waals surface area contributed by atoms with Crippen molar-refractivity contribution in [2.45, 2.75) is 32.6 Å². The van der Waals surface area contributed by atoms with Gasteiger partial charge in [-0.1, -0.05) is 78.9 Å². The van der Waals surface area contributed by atoms with E-state index in [2.05, 4.69) is 46.7 Å². The van der Waals surface area contributed by atoms with Gasteiger partial charge in [0.15, 0.2) is 11.5 Å². The molecule has 0 aliphatic carbocycles. The summed E-state index contributed by atoms with van der Waals surface area (Å²) in [5, 5.41) is 2.97. The quantitative estimate of drug-likeness (QED) is 0.225. The van der Waals surface area contributed by atoms with Gasteiger partial charge in [0.25, 0.3) is 5.56 Å². The SMILES string of the molecule is O=c1c2ccccc2ncn1CCC[NH2+]CCc1ccc(OCc2ccccc2)c(OCc2ccccc2)c1.[Cl-]. The summed E-state index contributed by atoms with van der Waals surface area (Å²) in [5.41, 5.74) is 4.21. The molecule has 40 heavy (non-hydrogen) atoms. The first kappa shape index (κ1) is 28.9. The smallest absolute Gasteiger partial charge is 0.261 e. The molecule has 0 radical (unpaired) electrons. The number of para-hydroxylation sites is 1. The molecule has 1 heterocycles. The highest BCUT2D eigenvalue weighted by atomic mass is 35.5. The minimum absolute atomic E-state index is 0.